The average Bonchev–Trinajstić information content (AvgIpc) is 2.29. The summed E-state index contributed by atoms with van der Waals surface area (Å²) in [4.78, 5) is 0. The van der Waals surface area contributed by atoms with Gasteiger partial charge in [-0.25, -0.2) is 0 Å². The van der Waals surface area contributed by atoms with Gasteiger partial charge in [-0.3, -0.25) is 0 Å². The van der Waals surface area contributed by atoms with E-state index >= 15 is 0 Å². The Morgan fingerprint density at radius 2 is 2.12 bits per heavy atom. The molecule has 2 atom stereocenters. The molecule has 3 heteroatoms. The molecule has 1 aromatic carbocycles. The molecular weight excluding hydrogens is 280 g/mol. The quantitative estimate of drug-likeness (QED) is 0.870. The first kappa shape index (κ1) is 14.7. The average molecular weight is 301 g/mol. The van der Waals surface area contributed by atoms with Gasteiger partial charge in [-0.15, -0.1) is 0 Å². The van der Waals surface area contributed by atoms with E-state index in [1.165, 1.54) is 0 Å². The van der Waals surface area contributed by atoms with E-state index in [4.69, 9.17) is 4.74 Å². The fourth-order valence-corrected chi connectivity index (χ4v) is 2.31. The Morgan fingerprint density at radius 1 is 1.41 bits per heavy atom. The second kappa shape index (κ2) is 6.53. The highest BCUT2D eigenvalue weighted by Crippen LogP contribution is 2.24. The number of benzene rings is 1. The lowest BCUT2D eigenvalue weighted by atomic mass is 9.91. The number of hydrogen-bond acceptors (Lipinski definition) is 2. The van der Waals surface area contributed by atoms with Crippen LogP contribution < -0.4 is 0 Å². The molecule has 1 rings (SSSR count). The van der Waals surface area contributed by atoms with Crippen LogP contribution in [0.25, 0.3) is 0 Å². The zero-order valence-electron chi connectivity index (χ0n) is 10.7. The van der Waals surface area contributed by atoms with Gasteiger partial charge in [0.25, 0.3) is 0 Å². The van der Waals surface area contributed by atoms with Crippen molar-refractivity contribution in [2.75, 3.05) is 6.61 Å². The van der Waals surface area contributed by atoms with Crippen molar-refractivity contribution in [3.05, 3.63) is 34.3 Å². The Labute approximate surface area is 112 Å². The summed E-state index contributed by atoms with van der Waals surface area (Å²) < 4.78 is 6.72. The molecule has 0 amide bonds. The van der Waals surface area contributed by atoms with Gasteiger partial charge in [0.2, 0.25) is 0 Å². The van der Waals surface area contributed by atoms with Crippen LogP contribution in [0.4, 0.5) is 0 Å². The zero-order chi connectivity index (χ0) is 12.9. The molecule has 0 radical (unpaired) electrons. The Hall–Kier alpha value is -0.380. The Balaban J connectivity index is 2.73. The summed E-state index contributed by atoms with van der Waals surface area (Å²) in [6, 6.07) is 8.02. The molecule has 0 heterocycles. The predicted octanol–water partition coefficient (Wildman–Crippen LogP) is 3.56. The van der Waals surface area contributed by atoms with Crippen molar-refractivity contribution in [1.29, 1.82) is 0 Å². The van der Waals surface area contributed by atoms with E-state index in [0.29, 0.717) is 13.0 Å². The highest BCUT2D eigenvalue weighted by atomic mass is 79.9. The summed E-state index contributed by atoms with van der Waals surface area (Å²) in [5.74, 6) is 0. The van der Waals surface area contributed by atoms with Gasteiger partial charge in [-0.05, 0) is 38.0 Å². The molecule has 2 unspecified atom stereocenters. The summed E-state index contributed by atoms with van der Waals surface area (Å²) in [7, 11) is 0. The molecule has 0 spiro atoms. The van der Waals surface area contributed by atoms with Crippen molar-refractivity contribution >= 4 is 15.9 Å². The highest BCUT2D eigenvalue weighted by Gasteiger charge is 2.31. The van der Waals surface area contributed by atoms with Crippen molar-refractivity contribution in [2.24, 2.45) is 0 Å². The Morgan fingerprint density at radius 3 is 2.65 bits per heavy atom. The Bertz CT molecular complexity index is 354. The van der Waals surface area contributed by atoms with Crippen LogP contribution in [-0.4, -0.2) is 23.4 Å². The van der Waals surface area contributed by atoms with Crippen LogP contribution in [0.1, 0.15) is 32.8 Å². The molecular formula is C14H21BrO2. The smallest absolute Gasteiger partial charge is 0.0912 e. The van der Waals surface area contributed by atoms with Crippen LogP contribution in [0.3, 0.4) is 0 Å². The molecule has 1 N–H and O–H groups in total. The number of aliphatic hydroxyl groups is 1. The van der Waals surface area contributed by atoms with Gasteiger partial charge in [-0.1, -0.05) is 35.0 Å². The number of halogens is 1. The zero-order valence-corrected chi connectivity index (χ0v) is 12.3. The van der Waals surface area contributed by atoms with Crippen molar-refractivity contribution < 1.29 is 9.84 Å². The van der Waals surface area contributed by atoms with Crippen LogP contribution in [0.15, 0.2) is 28.7 Å². The first-order valence-electron chi connectivity index (χ1n) is 6.08. The summed E-state index contributed by atoms with van der Waals surface area (Å²) in [5, 5.41) is 10.3. The van der Waals surface area contributed by atoms with Crippen LogP contribution in [-0.2, 0) is 11.2 Å². The number of aliphatic hydroxyl groups excluding tert-OH is 1. The predicted molar refractivity (Wildman–Crippen MR) is 74.2 cm³/mol. The normalized spacial score (nSPS) is 16.5. The molecule has 0 aliphatic heterocycles. The minimum Gasteiger partial charge on any atom is -0.390 e. The van der Waals surface area contributed by atoms with E-state index < -0.39 is 11.7 Å². The SMILES string of the molecule is CCOC(C)(CC)C(O)Cc1cccc(Br)c1. The molecule has 1 aromatic rings. The van der Waals surface area contributed by atoms with Gasteiger partial charge < -0.3 is 9.84 Å². The summed E-state index contributed by atoms with van der Waals surface area (Å²) >= 11 is 3.44. The van der Waals surface area contributed by atoms with E-state index in [1.807, 2.05) is 45.0 Å². The van der Waals surface area contributed by atoms with E-state index in [1.54, 1.807) is 0 Å². The first-order valence-corrected chi connectivity index (χ1v) is 6.87. The standard InChI is InChI=1S/C14H21BrO2/c1-4-14(3,17-5-2)13(16)10-11-7-6-8-12(15)9-11/h6-9,13,16H,4-5,10H2,1-3H3. The monoisotopic (exact) mass is 300 g/mol. The van der Waals surface area contributed by atoms with Gasteiger partial charge in [-0.2, -0.15) is 0 Å². The van der Waals surface area contributed by atoms with E-state index in [-0.39, 0.29) is 0 Å². The van der Waals surface area contributed by atoms with Crippen molar-refractivity contribution in [1.82, 2.24) is 0 Å². The Kier molecular flexibility index (Phi) is 5.63. The molecule has 17 heavy (non-hydrogen) atoms. The molecule has 0 saturated heterocycles. The van der Waals surface area contributed by atoms with Crippen LogP contribution in [0, 0.1) is 0 Å². The molecule has 0 aliphatic rings. The molecule has 0 bridgehead atoms. The van der Waals surface area contributed by atoms with Gasteiger partial charge in [0.15, 0.2) is 0 Å². The third-order valence-corrected chi connectivity index (χ3v) is 3.69. The van der Waals surface area contributed by atoms with Gasteiger partial charge >= 0.3 is 0 Å². The van der Waals surface area contributed by atoms with Gasteiger partial charge in [0, 0.05) is 17.5 Å². The summed E-state index contributed by atoms with van der Waals surface area (Å²) in [5.41, 5.74) is 0.656. The third kappa shape index (κ3) is 4.09. The number of hydrogen-bond donors (Lipinski definition) is 1. The number of rotatable bonds is 6. The first-order chi connectivity index (χ1) is 8.01. The van der Waals surface area contributed by atoms with Gasteiger partial charge in [0.1, 0.15) is 0 Å². The maximum Gasteiger partial charge on any atom is 0.0912 e. The van der Waals surface area contributed by atoms with E-state index in [0.717, 1.165) is 16.5 Å². The van der Waals surface area contributed by atoms with E-state index in [2.05, 4.69) is 15.9 Å². The summed E-state index contributed by atoms with van der Waals surface area (Å²) in [6.07, 6.45) is 0.932. The number of ether oxygens (including phenoxy) is 1. The molecule has 0 aliphatic carbocycles. The third-order valence-electron chi connectivity index (χ3n) is 3.20. The maximum absolute atomic E-state index is 10.3. The second-order valence-electron chi connectivity index (χ2n) is 4.45. The van der Waals surface area contributed by atoms with E-state index in [9.17, 15) is 5.11 Å². The lowest BCUT2D eigenvalue weighted by molar-refractivity contribution is -0.110. The van der Waals surface area contributed by atoms with Crippen LogP contribution in [0.2, 0.25) is 0 Å². The molecule has 2 nitrogen and oxygen atoms in total. The van der Waals surface area contributed by atoms with Crippen molar-refractivity contribution in [3.8, 4) is 0 Å². The minimum absolute atomic E-state index is 0.461. The fraction of sp³-hybridized carbons (Fsp3) is 0.571. The summed E-state index contributed by atoms with van der Waals surface area (Å²) in [6.45, 7) is 6.60. The lowest BCUT2D eigenvalue weighted by Gasteiger charge is -2.33. The van der Waals surface area contributed by atoms with Crippen molar-refractivity contribution in [3.63, 3.8) is 0 Å². The maximum atomic E-state index is 10.3. The molecule has 0 saturated carbocycles. The van der Waals surface area contributed by atoms with Crippen LogP contribution in [0.5, 0.6) is 0 Å². The molecule has 0 aromatic heterocycles. The second-order valence-corrected chi connectivity index (χ2v) is 5.36. The van der Waals surface area contributed by atoms with Crippen LogP contribution >= 0.6 is 15.9 Å². The van der Waals surface area contributed by atoms with Crippen molar-refractivity contribution in [2.45, 2.75) is 45.3 Å². The topological polar surface area (TPSA) is 29.5 Å². The minimum atomic E-state index is -0.484. The fourth-order valence-electron chi connectivity index (χ4n) is 1.87. The molecule has 96 valence electrons. The highest BCUT2D eigenvalue weighted by molar-refractivity contribution is 9.10. The lowest BCUT2D eigenvalue weighted by Crippen LogP contribution is -2.42. The molecule has 0 fully saturated rings. The largest absolute Gasteiger partial charge is 0.390 e. The van der Waals surface area contributed by atoms with Gasteiger partial charge in [0.05, 0.1) is 11.7 Å².